The Bertz CT molecular complexity index is 948. The van der Waals surface area contributed by atoms with Crippen molar-refractivity contribution in [2.75, 3.05) is 51.6 Å². The van der Waals surface area contributed by atoms with Gasteiger partial charge in [-0.3, -0.25) is 14.5 Å². The number of hydrogen-bond acceptors (Lipinski definition) is 6. The number of aryl methyl sites for hydroxylation is 1. The van der Waals surface area contributed by atoms with E-state index in [2.05, 4.69) is 45.6 Å². The van der Waals surface area contributed by atoms with Gasteiger partial charge in [0.1, 0.15) is 0 Å². The lowest BCUT2D eigenvalue weighted by Crippen LogP contribution is -2.51. The van der Waals surface area contributed by atoms with Crippen LogP contribution in [-0.2, 0) is 16.1 Å². The Morgan fingerprint density at radius 2 is 1.62 bits per heavy atom. The Labute approximate surface area is 194 Å². The third-order valence-electron chi connectivity index (χ3n) is 6.29. The Balaban J connectivity index is 1.28. The van der Waals surface area contributed by atoms with E-state index in [-0.39, 0.29) is 11.8 Å². The summed E-state index contributed by atoms with van der Waals surface area (Å²) in [5, 5.41) is 9.53. The summed E-state index contributed by atoms with van der Waals surface area (Å²) >= 11 is 1.45. The molecule has 2 aliphatic rings. The number of likely N-dealkylation sites (tertiary alicyclic amines) is 1. The van der Waals surface area contributed by atoms with Gasteiger partial charge in [0.15, 0.2) is 11.0 Å². The molecule has 0 aliphatic carbocycles. The van der Waals surface area contributed by atoms with Crippen molar-refractivity contribution in [1.82, 2.24) is 29.5 Å². The number of nitrogens with zero attached hydrogens (tertiary/aromatic N) is 6. The molecule has 2 aromatic rings. The van der Waals surface area contributed by atoms with Crippen LogP contribution in [0.3, 0.4) is 0 Å². The molecule has 8 nitrogen and oxygen atoms in total. The van der Waals surface area contributed by atoms with Gasteiger partial charge in [0.25, 0.3) is 0 Å². The fraction of sp³-hybridized carbons (Fsp3) is 0.565. The van der Waals surface area contributed by atoms with Crippen molar-refractivity contribution < 1.29 is 9.59 Å². The van der Waals surface area contributed by atoms with Crippen molar-refractivity contribution in [3.05, 3.63) is 29.8 Å². The fourth-order valence-corrected chi connectivity index (χ4v) is 5.24. The third kappa shape index (κ3) is 5.15. The summed E-state index contributed by atoms with van der Waals surface area (Å²) in [4.78, 5) is 31.2. The standard InChI is InChI=1S/C23H32N6O2S/c1-3-29-22(19-9-5-4-8-18(19)2)24-25-23(29)32-17-21(31)28-14-12-26(13-15-28)16-20(30)27-10-6-7-11-27/h4-5,8-9H,3,6-7,10-17H2,1-2H3. The molecule has 0 unspecified atom stereocenters. The van der Waals surface area contributed by atoms with E-state index in [0.29, 0.717) is 25.4 Å². The number of thioether (sulfide) groups is 1. The van der Waals surface area contributed by atoms with Crippen molar-refractivity contribution in [3.8, 4) is 11.4 Å². The molecule has 2 fully saturated rings. The summed E-state index contributed by atoms with van der Waals surface area (Å²) in [5.74, 6) is 1.53. The van der Waals surface area contributed by atoms with Crippen molar-refractivity contribution in [2.45, 2.75) is 38.4 Å². The molecule has 0 saturated carbocycles. The van der Waals surface area contributed by atoms with E-state index in [9.17, 15) is 9.59 Å². The molecule has 2 amide bonds. The van der Waals surface area contributed by atoms with Gasteiger partial charge in [-0.05, 0) is 32.3 Å². The van der Waals surface area contributed by atoms with E-state index in [1.165, 1.54) is 11.8 Å². The number of hydrogen-bond donors (Lipinski definition) is 0. The first-order valence-electron chi connectivity index (χ1n) is 11.5. The summed E-state index contributed by atoms with van der Waals surface area (Å²) in [7, 11) is 0. The smallest absolute Gasteiger partial charge is 0.236 e. The van der Waals surface area contributed by atoms with Crippen molar-refractivity contribution in [3.63, 3.8) is 0 Å². The second-order valence-corrected chi connectivity index (χ2v) is 9.34. The van der Waals surface area contributed by atoms with Crippen molar-refractivity contribution in [1.29, 1.82) is 0 Å². The van der Waals surface area contributed by atoms with E-state index >= 15 is 0 Å². The van der Waals surface area contributed by atoms with Gasteiger partial charge in [0, 0.05) is 51.4 Å². The minimum absolute atomic E-state index is 0.114. The van der Waals surface area contributed by atoms with Crippen molar-refractivity contribution in [2.24, 2.45) is 0 Å². The lowest BCUT2D eigenvalue weighted by molar-refractivity contribution is -0.133. The average Bonchev–Trinajstić information content (AvgIpc) is 3.48. The monoisotopic (exact) mass is 456 g/mol. The predicted molar refractivity (Wildman–Crippen MR) is 125 cm³/mol. The van der Waals surface area contributed by atoms with Crippen LogP contribution in [0.25, 0.3) is 11.4 Å². The Hall–Kier alpha value is -2.39. The van der Waals surface area contributed by atoms with Crippen LogP contribution in [-0.4, -0.2) is 92.8 Å². The molecule has 32 heavy (non-hydrogen) atoms. The summed E-state index contributed by atoms with van der Waals surface area (Å²) in [6.07, 6.45) is 2.23. The zero-order valence-corrected chi connectivity index (χ0v) is 19.8. The van der Waals surface area contributed by atoms with Crippen LogP contribution in [0.15, 0.2) is 29.4 Å². The minimum atomic E-state index is 0.114. The van der Waals surface area contributed by atoms with Gasteiger partial charge in [-0.15, -0.1) is 10.2 Å². The van der Waals surface area contributed by atoms with Gasteiger partial charge in [0.2, 0.25) is 11.8 Å². The van der Waals surface area contributed by atoms with Crippen LogP contribution in [0.2, 0.25) is 0 Å². The van der Waals surface area contributed by atoms with Gasteiger partial charge < -0.3 is 14.4 Å². The highest BCUT2D eigenvalue weighted by molar-refractivity contribution is 7.99. The predicted octanol–water partition coefficient (Wildman–Crippen LogP) is 2.13. The number of carbonyl (C=O) groups is 2. The topological polar surface area (TPSA) is 74.6 Å². The first kappa shape index (κ1) is 22.8. The minimum Gasteiger partial charge on any atom is -0.342 e. The Morgan fingerprint density at radius 1 is 0.938 bits per heavy atom. The zero-order valence-electron chi connectivity index (χ0n) is 19.0. The summed E-state index contributed by atoms with van der Waals surface area (Å²) < 4.78 is 2.07. The SMILES string of the molecule is CCn1c(SCC(=O)N2CCN(CC(=O)N3CCCC3)CC2)nnc1-c1ccccc1C. The highest BCUT2D eigenvalue weighted by Gasteiger charge is 2.26. The van der Waals surface area contributed by atoms with Crippen molar-refractivity contribution >= 4 is 23.6 Å². The van der Waals surface area contributed by atoms with Gasteiger partial charge in [-0.1, -0.05) is 36.0 Å². The summed E-state index contributed by atoms with van der Waals surface area (Å²) in [6.45, 7) is 9.97. The van der Waals surface area contributed by atoms with Gasteiger partial charge in [-0.25, -0.2) is 0 Å². The molecule has 0 N–H and O–H groups in total. The second kappa shape index (κ2) is 10.5. The second-order valence-electron chi connectivity index (χ2n) is 8.40. The molecular formula is C23H32N6O2S. The molecule has 0 radical (unpaired) electrons. The molecule has 0 atom stereocenters. The quantitative estimate of drug-likeness (QED) is 0.595. The lowest BCUT2D eigenvalue weighted by atomic mass is 10.1. The van der Waals surface area contributed by atoms with E-state index in [1.54, 1.807) is 0 Å². The Kier molecular flexibility index (Phi) is 7.47. The maximum Gasteiger partial charge on any atom is 0.236 e. The molecule has 0 spiro atoms. The first-order chi connectivity index (χ1) is 15.6. The van der Waals surface area contributed by atoms with E-state index in [4.69, 9.17) is 0 Å². The van der Waals surface area contributed by atoms with Crippen LogP contribution in [0, 0.1) is 6.92 Å². The molecule has 2 saturated heterocycles. The first-order valence-corrected chi connectivity index (χ1v) is 12.4. The largest absolute Gasteiger partial charge is 0.342 e. The fourth-order valence-electron chi connectivity index (χ4n) is 4.33. The number of aromatic nitrogens is 3. The lowest BCUT2D eigenvalue weighted by Gasteiger charge is -2.35. The van der Waals surface area contributed by atoms with E-state index < -0.39 is 0 Å². The van der Waals surface area contributed by atoms with E-state index in [1.807, 2.05) is 21.9 Å². The highest BCUT2D eigenvalue weighted by atomic mass is 32.2. The van der Waals surface area contributed by atoms with Gasteiger partial charge in [-0.2, -0.15) is 0 Å². The van der Waals surface area contributed by atoms with Crippen LogP contribution in [0.4, 0.5) is 0 Å². The normalized spacial score (nSPS) is 17.2. The number of carbonyl (C=O) groups excluding carboxylic acids is 2. The maximum atomic E-state index is 12.8. The summed E-state index contributed by atoms with van der Waals surface area (Å²) in [5.41, 5.74) is 2.22. The number of amides is 2. The third-order valence-corrected chi connectivity index (χ3v) is 7.24. The molecule has 3 heterocycles. The molecule has 0 bridgehead atoms. The van der Waals surface area contributed by atoms with Gasteiger partial charge in [0.05, 0.1) is 12.3 Å². The van der Waals surface area contributed by atoms with Crippen LogP contribution in [0.5, 0.6) is 0 Å². The van der Waals surface area contributed by atoms with Gasteiger partial charge >= 0.3 is 0 Å². The average molecular weight is 457 g/mol. The number of piperazine rings is 1. The molecule has 9 heteroatoms. The van der Waals surface area contributed by atoms with Crippen LogP contribution < -0.4 is 0 Å². The van der Waals surface area contributed by atoms with Crippen LogP contribution >= 0.6 is 11.8 Å². The molecule has 2 aliphatic heterocycles. The highest BCUT2D eigenvalue weighted by Crippen LogP contribution is 2.26. The number of rotatable bonds is 7. The molecule has 172 valence electrons. The zero-order chi connectivity index (χ0) is 22.5. The maximum absolute atomic E-state index is 12.8. The Morgan fingerprint density at radius 3 is 2.31 bits per heavy atom. The molecule has 1 aromatic heterocycles. The van der Waals surface area contributed by atoms with E-state index in [0.717, 1.165) is 67.7 Å². The molecular weight excluding hydrogens is 424 g/mol. The molecule has 4 rings (SSSR count). The van der Waals surface area contributed by atoms with Crippen LogP contribution in [0.1, 0.15) is 25.3 Å². The summed E-state index contributed by atoms with van der Waals surface area (Å²) in [6, 6.07) is 8.14. The number of benzene rings is 1. The molecule has 1 aromatic carbocycles.